The Hall–Kier alpha value is -0.650. The highest BCUT2D eigenvalue weighted by Crippen LogP contribution is 2.24. The molecule has 1 aliphatic carbocycles. The summed E-state index contributed by atoms with van der Waals surface area (Å²) in [5.74, 6) is 0.168. The number of piperazine rings is 1. The molecule has 104 valence electrons. The van der Waals surface area contributed by atoms with Gasteiger partial charge in [0.1, 0.15) is 0 Å². The van der Waals surface area contributed by atoms with Crippen molar-refractivity contribution >= 4 is 5.91 Å². The third-order valence-electron chi connectivity index (χ3n) is 4.01. The zero-order valence-corrected chi connectivity index (χ0v) is 11.6. The summed E-state index contributed by atoms with van der Waals surface area (Å²) in [6.07, 6.45) is 2.64. The van der Waals surface area contributed by atoms with Crippen LogP contribution in [0.15, 0.2) is 0 Å². The van der Waals surface area contributed by atoms with Crippen LogP contribution < -0.4 is 10.6 Å². The molecule has 5 nitrogen and oxygen atoms in total. The van der Waals surface area contributed by atoms with Gasteiger partial charge in [-0.25, -0.2) is 0 Å². The Morgan fingerprint density at radius 1 is 1.44 bits per heavy atom. The maximum absolute atomic E-state index is 12.0. The quantitative estimate of drug-likeness (QED) is 0.670. The largest absolute Gasteiger partial charge is 0.353 e. The van der Waals surface area contributed by atoms with Gasteiger partial charge in [0.05, 0.1) is 6.04 Å². The fourth-order valence-electron chi connectivity index (χ4n) is 2.44. The number of carbonyl (C=O) groups excluding carboxylic acids is 1. The molecule has 0 radical (unpaired) electrons. The number of nitrogens with zero attached hydrogens (tertiary/aromatic N) is 2. The molecule has 2 rings (SSSR count). The minimum Gasteiger partial charge on any atom is -0.353 e. The summed E-state index contributed by atoms with van der Waals surface area (Å²) >= 11 is 0. The molecule has 0 aromatic carbocycles. The van der Waals surface area contributed by atoms with Crippen LogP contribution in [0.4, 0.5) is 0 Å². The average Bonchev–Trinajstić information content (AvgIpc) is 3.23. The molecule has 1 saturated heterocycles. The molecule has 2 aliphatic rings. The Morgan fingerprint density at radius 3 is 2.72 bits per heavy atom. The molecule has 2 N–H and O–H groups in total. The van der Waals surface area contributed by atoms with Gasteiger partial charge in [-0.3, -0.25) is 9.69 Å². The first-order valence-corrected chi connectivity index (χ1v) is 7.11. The van der Waals surface area contributed by atoms with E-state index in [1.165, 1.54) is 12.8 Å². The SMILES string of the molecule is CC(C(=O)NCCN(C)C1CC1)N1CCNCC1. The van der Waals surface area contributed by atoms with Gasteiger partial charge in [0, 0.05) is 45.3 Å². The number of nitrogens with one attached hydrogen (secondary N) is 2. The fourth-order valence-corrected chi connectivity index (χ4v) is 2.44. The molecule has 0 aromatic heterocycles. The van der Waals surface area contributed by atoms with Crippen LogP contribution in [0.3, 0.4) is 0 Å². The van der Waals surface area contributed by atoms with Gasteiger partial charge in [0.15, 0.2) is 0 Å². The lowest BCUT2D eigenvalue weighted by atomic mass is 10.2. The van der Waals surface area contributed by atoms with Crippen LogP contribution in [-0.2, 0) is 4.79 Å². The van der Waals surface area contributed by atoms with Crippen molar-refractivity contribution in [3.8, 4) is 0 Å². The number of likely N-dealkylation sites (N-methyl/N-ethyl adjacent to an activating group) is 1. The van der Waals surface area contributed by atoms with Gasteiger partial charge in [-0.2, -0.15) is 0 Å². The summed E-state index contributed by atoms with van der Waals surface area (Å²) in [7, 11) is 2.14. The molecule has 5 heteroatoms. The van der Waals surface area contributed by atoms with Crippen molar-refractivity contribution in [2.45, 2.75) is 31.8 Å². The third-order valence-corrected chi connectivity index (χ3v) is 4.01. The van der Waals surface area contributed by atoms with E-state index < -0.39 is 0 Å². The van der Waals surface area contributed by atoms with Crippen molar-refractivity contribution in [3.05, 3.63) is 0 Å². The van der Waals surface area contributed by atoms with Crippen molar-refractivity contribution in [2.24, 2.45) is 0 Å². The van der Waals surface area contributed by atoms with E-state index in [1.807, 2.05) is 6.92 Å². The van der Waals surface area contributed by atoms with Gasteiger partial charge < -0.3 is 15.5 Å². The van der Waals surface area contributed by atoms with Gasteiger partial charge >= 0.3 is 0 Å². The minimum absolute atomic E-state index is 0.00155. The minimum atomic E-state index is -0.00155. The number of hydrogen-bond donors (Lipinski definition) is 2. The summed E-state index contributed by atoms with van der Waals surface area (Å²) in [6.45, 7) is 7.65. The van der Waals surface area contributed by atoms with Crippen LogP contribution in [0.2, 0.25) is 0 Å². The van der Waals surface area contributed by atoms with Crippen LogP contribution in [0.25, 0.3) is 0 Å². The summed E-state index contributed by atoms with van der Waals surface area (Å²) in [5, 5.41) is 6.36. The average molecular weight is 254 g/mol. The second-order valence-electron chi connectivity index (χ2n) is 5.46. The zero-order chi connectivity index (χ0) is 13.0. The van der Waals surface area contributed by atoms with Crippen molar-refractivity contribution in [3.63, 3.8) is 0 Å². The van der Waals surface area contributed by atoms with E-state index >= 15 is 0 Å². The highest BCUT2D eigenvalue weighted by Gasteiger charge is 2.26. The standard InChI is InChI=1S/C13H26N4O/c1-11(17-9-5-14-6-10-17)13(18)15-7-8-16(2)12-3-4-12/h11-12,14H,3-10H2,1-2H3,(H,15,18). The van der Waals surface area contributed by atoms with E-state index in [-0.39, 0.29) is 11.9 Å². The molecular weight excluding hydrogens is 228 g/mol. The van der Waals surface area contributed by atoms with Crippen LogP contribution in [-0.4, -0.2) is 74.1 Å². The van der Waals surface area contributed by atoms with E-state index in [9.17, 15) is 4.79 Å². The van der Waals surface area contributed by atoms with E-state index in [4.69, 9.17) is 0 Å². The predicted molar refractivity (Wildman–Crippen MR) is 72.6 cm³/mol. The normalized spacial score (nSPS) is 23.1. The molecule has 1 aliphatic heterocycles. The Bertz CT molecular complexity index is 274. The van der Waals surface area contributed by atoms with E-state index in [0.29, 0.717) is 0 Å². The molecule has 1 amide bonds. The number of hydrogen-bond acceptors (Lipinski definition) is 4. The van der Waals surface area contributed by atoms with E-state index in [2.05, 4.69) is 27.5 Å². The molecule has 1 saturated carbocycles. The van der Waals surface area contributed by atoms with Gasteiger partial charge in [-0.1, -0.05) is 0 Å². The molecule has 1 unspecified atom stereocenters. The van der Waals surface area contributed by atoms with Crippen LogP contribution in [0, 0.1) is 0 Å². The summed E-state index contributed by atoms with van der Waals surface area (Å²) < 4.78 is 0. The first-order valence-electron chi connectivity index (χ1n) is 7.11. The summed E-state index contributed by atoms with van der Waals surface area (Å²) in [4.78, 5) is 16.6. The maximum Gasteiger partial charge on any atom is 0.237 e. The third kappa shape index (κ3) is 3.93. The second-order valence-corrected chi connectivity index (χ2v) is 5.46. The van der Waals surface area contributed by atoms with Gasteiger partial charge in [0.2, 0.25) is 5.91 Å². The Balaban J connectivity index is 1.63. The molecule has 18 heavy (non-hydrogen) atoms. The number of amides is 1. The lowest BCUT2D eigenvalue weighted by Crippen LogP contribution is -2.53. The first kappa shape index (κ1) is 13.8. The molecule has 2 fully saturated rings. The fraction of sp³-hybridized carbons (Fsp3) is 0.923. The zero-order valence-electron chi connectivity index (χ0n) is 11.6. The lowest BCUT2D eigenvalue weighted by Gasteiger charge is -2.32. The topological polar surface area (TPSA) is 47.6 Å². The highest BCUT2D eigenvalue weighted by atomic mass is 16.2. The first-order chi connectivity index (χ1) is 8.68. The summed E-state index contributed by atoms with van der Waals surface area (Å²) in [5.41, 5.74) is 0. The molecule has 0 spiro atoms. The maximum atomic E-state index is 12.0. The Morgan fingerprint density at radius 2 is 2.11 bits per heavy atom. The second kappa shape index (κ2) is 6.50. The summed E-state index contributed by atoms with van der Waals surface area (Å²) in [6, 6.07) is 0.769. The van der Waals surface area contributed by atoms with Crippen LogP contribution >= 0.6 is 0 Å². The smallest absolute Gasteiger partial charge is 0.237 e. The van der Waals surface area contributed by atoms with Crippen molar-refractivity contribution in [2.75, 3.05) is 46.3 Å². The Kier molecular flexibility index (Phi) is 4.97. The number of rotatable bonds is 6. The van der Waals surface area contributed by atoms with Crippen LogP contribution in [0.5, 0.6) is 0 Å². The van der Waals surface area contributed by atoms with Gasteiger partial charge in [-0.05, 0) is 26.8 Å². The van der Waals surface area contributed by atoms with Crippen LogP contribution in [0.1, 0.15) is 19.8 Å². The van der Waals surface area contributed by atoms with E-state index in [1.54, 1.807) is 0 Å². The van der Waals surface area contributed by atoms with E-state index in [0.717, 1.165) is 45.3 Å². The van der Waals surface area contributed by atoms with Crippen molar-refractivity contribution in [1.29, 1.82) is 0 Å². The molecule has 1 atom stereocenters. The van der Waals surface area contributed by atoms with Crippen molar-refractivity contribution in [1.82, 2.24) is 20.4 Å². The Labute approximate surface area is 110 Å². The molecule has 1 heterocycles. The monoisotopic (exact) mass is 254 g/mol. The lowest BCUT2D eigenvalue weighted by molar-refractivity contribution is -0.126. The predicted octanol–water partition coefficient (Wildman–Crippen LogP) is -0.509. The molecule has 0 aromatic rings. The molecular formula is C13H26N4O. The van der Waals surface area contributed by atoms with Crippen molar-refractivity contribution < 1.29 is 4.79 Å². The van der Waals surface area contributed by atoms with Gasteiger partial charge in [-0.15, -0.1) is 0 Å². The van der Waals surface area contributed by atoms with Gasteiger partial charge in [0.25, 0.3) is 0 Å². The highest BCUT2D eigenvalue weighted by molar-refractivity contribution is 5.81. The molecule has 0 bridgehead atoms. The number of carbonyl (C=O) groups is 1.